The number of carbonyl (C=O) groups is 9. The number of thiol groups is 2. The number of unbranched alkanes of at least 4 members (excludes halogenated alkanes) is 1. The number of benzene rings is 4. The molecule has 4 aromatic rings. The van der Waals surface area contributed by atoms with Crippen molar-refractivity contribution in [3.8, 4) is 0 Å². The van der Waals surface area contributed by atoms with Gasteiger partial charge in [-0.25, -0.2) is 14.4 Å². The zero-order chi connectivity index (χ0) is 104. The van der Waals surface area contributed by atoms with E-state index in [1.165, 1.54) is 91.6 Å². The van der Waals surface area contributed by atoms with Gasteiger partial charge in [0.05, 0.1) is 41.0 Å². The molecule has 1 atom stereocenters. The Balaban J connectivity index is -0.000000744. The Hall–Kier alpha value is -4.97. The number of imide groups is 2. The van der Waals surface area contributed by atoms with Crippen LogP contribution in [0.15, 0.2) is 114 Å². The van der Waals surface area contributed by atoms with E-state index in [0.717, 1.165) is 133 Å². The van der Waals surface area contributed by atoms with Crippen LogP contribution < -0.4 is 41.3 Å². The van der Waals surface area contributed by atoms with Crippen molar-refractivity contribution in [2.75, 3.05) is 112 Å². The summed E-state index contributed by atoms with van der Waals surface area (Å²) >= 11 is 19.8. The van der Waals surface area contributed by atoms with E-state index in [9.17, 15) is 48.2 Å². The average Bonchev–Trinajstić information content (AvgIpc) is 1.22. The minimum absolute atomic E-state index is 0. The minimum Gasteiger partial charge on any atom is -0.352 e. The molecule has 1 unspecified atom stereocenters. The van der Waals surface area contributed by atoms with Crippen LogP contribution in [0.1, 0.15) is 257 Å². The predicted molar refractivity (Wildman–Crippen MR) is 575 cm³/mol. The van der Waals surface area contributed by atoms with Crippen LogP contribution in [0.25, 0.3) is 0 Å². The molecule has 41 heteroatoms. The number of hydrogen-bond donors (Lipinski definition) is 11. The number of aryl methyl sites for hydroxylation is 2. The molecule has 784 valence electrons. The van der Waals surface area contributed by atoms with E-state index in [1.807, 2.05) is 115 Å². The van der Waals surface area contributed by atoms with Gasteiger partial charge >= 0.3 is 221 Å². The molecule has 0 radical (unpaired) electrons. The second-order valence-corrected chi connectivity index (χ2v) is 43.2. The molecule has 7 aliphatic heterocycles. The Bertz CT molecular complexity index is 3790. The number of amides is 4. The van der Waals surface area contributed by atoms with Crippen molar-refractivity contribution in [3.63, 3.8) is 0 Å². The van der Waals surface area contributed by atoms with Crippen molar-refractivity contribution < 1.29 is 130 Å². The number of carboxylic acids is 1. The van der Waals surface area contributed by atoms with Gasteiger partial charge in [0.1, 0.15) is 11.2 Å². The number of thioether (sulfide) groups is 6. The van der Waals surface area contributed by atoms with Crippen LogP contribution in [0.4, 0.5) is 9.59 Å². The number of ketones is 1. The Morgan fingerprint density at radius 2 is 0.971 bits per heavy atom. The largest absolute Gasteiger partial charge is 1.00 e. The number of aliphatic hydroxyl groups excluding tert-OH is 1. The van der Waals surface area contributed by atoms with Crippen molar-refractivity contribution in [1.29, 1.82) is 0 Å². The first-order valence-electron chi connectivity index (χ1n) is 46.8. The van der Waals surface area contributed by atoms with Gasteiger partial charge in [-0.2, -0.15) is 36.7 Å². The summed E-state index contributed by atoms with van der Waals surface area (Å²) < 4.78 is 48.5. The van der Waals surface area contributed by atoms with E-state index in [4.69, 9.17) is 70.9 Å². The molecule has 7 saturated heterocycles. The maximum Gasteiger partial charge on any atom is 1.00 e. The van der Waals surface area contributed by atoms with Gasteiger partial charge in [0.2, 0.25) is 0 Å². The van der Waals surface area contributed by atoms with Gasteiger partial charge in [0.15, 0.2) is 18.4 Å². The van der Waals surface area contributed by atoms with Gasteiger partial charge in [0.25, 0.3) is 29.6 Å². The standard InChI is InChI=1S/C22H26BNO2S2.C14H12O.C13H26N2O4.C10H18O5.C8H18BNOS2.C7H15NS2.C6H7NO4.C4H5NO3.C4H9.C3H8.C2H4O2.C2H6O.C2H6S2.CH4.Li/c1-18-9-11-20(12-10-18)22(25,19-7-3-2-4-8-19)21(27-15-6-16-28-21)13-5-14-24-17-23-26;1-11-7-9-13(10-8-11)14(15)12-5-3-2-4-6-12;14-5-1-3-11-16-7-13(8-17-11)9-18-12(19-10-13)4-2-6-15;1-9(2,3)14-7(11)13-8(12)15-10(4,5)6;1-9(11)10-5-2-4-8-12-6-3-7-13-8;8-4-1-3-7-9-5-2-6-10-7;1-4(8)11-7-5(9)2-3-6(7)10;6-3-1-2-4(7)5(3)8;1-3-4-2;1-3-2;1-2(3)4;1-2-3;3-1-2-4;;/h2-4,7-12,17,25H,5-6,13-16H2,1H3;2-10H,1H3;11-12H,1-10,14-15H2;1-6H3;8,10-11H,2-7H2,1H3;7H,1-6,8H2;2-3H2,1H3;8H,1-2H2;1,3-4H2,2H3;3H2,1-2H3;1H3,(H,3,4);3H,2H2,1H3;3-4H,1-2H2;1H4;/q;;;;;;;;-1;;;;;;+1. The number of carbonyl (C=O) groups excluding carboxylic acids is 8. The number of ether oxygens (including phenoxy) is 7. The van der Waals surface area contributed by atoms with Crippen molar-refractivity contribution in [1.82, 2.24) is 15.4 Å². The molecule has 1 spiro atoms. The first-order valence-corrected chi connectivity index (χ1v) is 54.3. The molecule has 7 heterocycles. The summed E-state index contributed by atoms with van der Waals surface area (Å²) in [5.41, 5.74) is 19.4. The first-order chi connectivity index (χ1) is 65.1. The van der Waals surface area contributed by atoms with Crippen LogP contribution in [0.2, 0.25) is 6.82 Å². The molecule has 4 aromatic carbocycles. The molecule has 7 fully saturated rings. The van der Waals surface area contributed by atoms with E-state index in [1.54, 1.807) is 55.3 Å². The zero-order valence-electron chi connectivity index (χ0n) is 84.5. The van der Waals surface area contributed by atoms with Gasteiger partial charge in [-0.1, -0.05) is 101 Å². The second kappa shape index (κ2) is 85.1. The quantitative estimate of drug-likeness (QED) is 0.00252. The van der Waals surface area contributed by atoms with Crippen molar-refractivity contribution in [3.05, 3.63) is 149 Å². The summed E-state index contributed by atoms with van der Waals surface area (Å²) in [4.78, 5) is 104. The van der Waals surface area contributed by atoms with E-state index >= 15 is 0 Å². The van der Waals surface area contributed by atoms with Crippen LogP contribution in [-0.4, -0.2) is 258 Å². The second-order valence-electron chi connectivity index (χ2n) is 33.5. The van der Waals surface area contributed by atoms with Gasteiger partial charge in [0, 0.05) is 57.3 Å². The fourth-order valence-corrected chi connectivity index (χ4v) is 21.4. The Labute approximate surface area is 879 Å². The molecule has 0 saturated carbocycles. The first kappa shape index (κ1) is 140. The maximum absolute atomic E-state index is 12.4. The summed E-state index contributed by atoms with van der Waals surface area (Å²) in [6.07, 6.45) is 17.1. The van der Waals surface area contributed by atoms with Crippen LogP contribution in [-0.2, 0) is 77.1 Å². The molecular weight excluding hydrogens is 1930 g/mol. The molecule has 7 aliphatic rings. The number of aliphatic imine (C=N–C) groups is 1. The molecule has 30 nitrogen and oxygen atoms in total. The summed E-state index contributed by atoms with van der Waals surface area (Å²) in [7, 11) is 0.360. The third kappa shape index (κ3) is 68.2. The number of hydroxylamine groups is 4. The van der Waals surface area contributed by atoms with E-state index in [-0.39, 0.29) is 94.5 Å². The van der Waals surface area contributed by atoms with Gasteiger partial charge in [-0.3, -0.25) is 34.0 Å². The molecule has 12 N–H and O–H groups in total. The van der Waals surface area contributed by atoms with Gasteiger partial charge in [-0.05, 0) is 187 Å². The monoisotopic (exact) mass is 2090 g/mol. The molecule has 11 rings (SSSR count). The topological polar surface area (TPSA) is 455 Å². The number of aliphatic hydroxyl groups is 2. The fraction of sp³-hybridized carbons (Fsp3) is 0.643. The molecular formula is C98H164B2LiN7O23S8. The van der Waals surface area contributed by atoms with Crippen LogP contribution in [0.3, 0.4) is 0 Å². The average molecular weight is 2090 g/mol. The minimum atomic E-state index is -1.11. The van der Waals surface area contributed by atoms with Crippen molar-refractivity contribution in [2.45, 2.75) is 282 Å². The van der Waals surface area contributed by atoms with Crippen molar-refractivity contribution in [2.24, 2.45) is 27.6 Å². The number of nitrogens with one attached hydrogen (secondary N) is 1. The summed E-state index contributed by atoms with van der Waals surface area (Å²) in [5, 5.41) is 48.4. The molecule has 139 heavy (non-hydrogen) atoms. The van der Waals surface area contributed by atoms with Crippen molar-refractivity contribution >= 4 is 170 Å². The molecule has 0 bridgehead atoms. The van der Waals surface area contributed by atoms with E-state index < -0.39 is 68.8 Å². The maximum atomic E-state index is 12.4. The molecule has 0 aliphatic carbocycles. The fourth-order valence-electron chi connectivity index (χ4n) is 11.7. The Morgan fingerprint density at radius 3 is 1.32 bits per heavy atom. The number of nitrogens with two attached hydrogens (primary N) is 3. The Kier molecular flexibility index (Phi) is 85.9. The van der Waals surface area contributed by atoms with Crippen LogP contribution in [0.5, 0.6) is 0 Å². The van der Waals surface area contributed by atoms with E-state index in [2.05, 4.69) is 151 Å². The Morgan fingerprint density at radius 1 is 0.612 bits per heavy atom. The van der Waals surface area contributed by atoms with Gasteiger partial charge < -0.3 is 82.6 Å². The molecule has 4 amide bonds. The number of aliphatic carboxylic acids is 1. The predicted octanol–water partition coefficient (Wildman–Crippen LogP) is 15.3. The third-order valence-electron chi connectivity index (χ3n) is 18.2. The van der Waals surface area contributed by atoms with Gasteiger partial charge in [-0.15, -0.1) is 52.1 Å². The summed E-state index contributed by atoms with van der Waals surface area (Å²) in [6, 6.07) is 35.3. The van der Waals surface area contributed by atoms with Crippen LogP contribution in [0, 0.1) is 26.2 Å². The van der Waals surface area contributed by atoms with Crippen LogP contribution >= 0.6 is 95.8 Å². The SMILES string of the molecule is C.CB(O)NCCCC1SCCCS1.CC(=O)O.CC(=O)ON1C(=O)CCC1=O.CC(C)(C)OC(=O)OC(=O)OC(C)(C)C.CCC.CCO.Cc1ccc(C(=O)c2ccccc2)cc1.Cc1ccc(C(O)(c2ccccc2)C2(CCCN=CB=O)SCCCS2)cc1.NCCCC1OCC2(CO1)COC(CCCN)OC2.NCCCC1SCCCS1.O=C1CCC(=O)N1O.SCCS.[CH2-]CCC.[Li+]. The summed E-state index contributed by atoms with van der Waals surface area (Å²) in [5.74, 6) is 5.89. The number of hydrogen-bond acceptors (Lipinski definition) is 35. The number of rotatable bonds is 27. The van der Waals surface area contributed by atoms with E-state index in [0.29, 0.717) is 58.3 Å². The normalized spacial score (nSPS) is 17.7. The zero-order valence-corrected chi connectivity index (χ0v) is 91.2. The smallest absolute Gasteiger partial charge is 0.352 e. The number of nitrogens with zero attached hydrogens (tertiary/aromatic N) is 3. The molecule has 0 aromatic heterocycles. The summed E-state index contributed by atoms with van der Waals surface area (Å²) in [6.45, 7) is 36.2. The number of carboxylic acid groups (broad SMARTS) is 1. The third-order valence-corrected chi connectivity index (χ3v) is 28.8.